The molecule has 2 aromatic heterocycles. The van der Waals surface area contributed by atoms with Gasteiger partial charge in [0.15, 0.2) is 5.13 Å². The Balaban J connectivity index is 1.54. The minimum Gasteiger partial charge on any atom is -0.345 e. The summed E-state index contributed by atoms with van der Waals surface area (Å²) in [4.78, 5) is 24.5. The van der Waals surface area contributed by atoms with E-state index in [0.717, 1.165) is 36.9 Å². The highest BCUT2D eigenvalue weighted by molar-refractivity contribution is 7.13. The van der Waals surface area contributed by atoms with Crippen LogP contribution in [0.15, 0.2) is 42.2 Å². The fourth-order valence-corrected chi connectivity index (χ4v) is 2.93. The summed E-state index contributed by atoms with van der Waals surface area (Å²) in [6.45, 7) is 3.14. The molecule has 3 heterocycles. The lowest BCUT2D eigenvalue weighted by molar-refractivity contribution is -0.126. The van der Waals surface area contributed by atoms with Crippen LogP contribution in [0.3, 0.4) is 0 Å². The van der Waals surface area contributed by atoms with Gasteiger partial charge in [0.05, 0.1) is 0 Å². The van der Waals surface area contributed by atoms with Crippen molar-refractivity contribution in [3.63, 3.8) is 0 Å². The van der Waals surface area contributed by atoms with Crippen molar-refractivity contribution >= 4 is 28.5 Å². The first kappa shape index (κ1) is 13.8. The number of carbonyl (C=O) groups is 1. The van der Waals surface area contributed by atoms with E-state index in [4.69, 9.17) is 0 Å². The number of hydrogen-bond donors (Lipinski definition) is 0. The first-order valence-corrected chi connectivity index (χ1v) is 7.72. The third-order valence-electron chi connectivity index (χ3n) is 3.41. The number of carbonyl (C=O) groups excluding carboxylic acids is 1. The SMILES string of the molecule is O=C(C=Cc1ccncc1)N1CCN(c2nccs2)CC1. The first-order valence-electron chi connectivity index (χ1n) is 6.84. The second-order valence-corrected chi connectivity index (χ2v) is 5.61. The molecule has 0 aromatic carbocycles. The number of piperazine rings is 1. The van der Waals surface area contributed by atoms with Gasteiger partial charge in [-0.05, 0) is 23.8 Å². The van der Waals surface area contributed by atoms with Crippen LogP contribution in [0.25, 0.3) is 6.08 Å². The van der Waals surface area contributed by atoms with E-state index < -0.39 is 0 Å². The number of nitrogens with zero attached hydrogens (tertiary/aromatic N) is 4. The van der Waals surface area contributed by atoms with Gasteiger partial charge in [-0.25, -0.2) is 4.98 Å². The molecule has 0 N–H and O–H groups in total. The second kappa shape index (κ2) is 6.49. The molecule has 0 unspecified atom stereocenters. The molecular weight excluding hydrogens is 284 g/mol. The monoisotopic (exact) mass is 300 g/mol. The van der Waals surface area contributed by atoms with Gasteiger partial charge in [0.1, 0.15) is 0 Å². The number of thiazole rings is 1. The lowest BCUT2D eigenvalue weighted by Crippen LogP contribution is -2.48. The summed E-state index contributed by atoms with van der Waals surface area (Å²) in [7, 11) is 0. The molecular formula is C15H16N4OS. The smallest absolute Gasteiger partial charge is 0.246 e. The Morgan fingerprint density at radius 2 is 1.90 bits per heavy atom. The summed E-state index contributed by atoms with van der Waals surface area (Å²) in [5.41, 5.74) is 0.986. The Morgan fingerprint density at radius 3 is 2.57 bits per heavy atom. The van der Waals surface area contributed by atoms with E-state index in [-0.39, 0.29) is 5.91 Å². The highest BCUT2D eigenvalue weighted by atomic mass is 32.1. The average Bonchev–Trinajstić information content (AvgIpc) is 3.08. The number of aromatic nitrogens is 2. The number of rotatable bonds is 3. The molecule has 21 heavy (non-hydrogen) atoms. The minimum absolute atomic E-state index is 0.0607. The molecule has 1 fully saturated rings. The average molecular weight is 300 g/mol. The molecule has 3 rings (SSSR count). The van der Waals surface area contributed by atoms with Crippen molar-refractivity contribution < 1.29 is 4.79 Å². The molecule has 5 nitrogen and oxygen atoms in total. The minimum atomic E-state index is 0.0607. The van der Waals surface area contributed by atoms with Crippen molar-refractivity contribution in [3.8, 4) is 0 Å². The normalized spacial score (nSPS) is 15.6. The third kappa shape index (κ3) is 3.46. The molecule has 2 aromatic rings. The lowest BCUT2D eigenvalue weighted by Gasteiger charge is -2.34. The highest BCUT2D eigenvalue weighted by Crippen LogP contribution is 2.18. The van der Waals surface area contributed by atoms with Crippen molar-refractivity contribution in [1.29, 1.82) is 0 Å². The zero-order chi connectivity index (χ0) is 14.5. The van der Waals surface area contributed by atoms with Crippen LogP contribution < -0.4 is 4.90 Å². The summed E-state index contributed by atoms with van der Waals surface area (Å²) in [5.74, 6) is 0.0607. The number of hydrogen-bond acceptors (Lipinski definition) is 5. The Hall–Kier alpha value is -2.21. The standard InChI is InChI=1S/C15H16N4OS/c20-14(2-1-13-3-5-16-6-4-13)18-8-10-19(11-9-18)15-17-7-12-21-15/h1-7,12H,8-11H2. The van der Waals surface area contributed by atoms with Gasteiger partial charge in [-0.1, -0.05) is 0 Å². The molecule has 0 radical (unpaired) electrons. The van der Waals surface area contributed by atoms with Crippen LogP contribution in [-0.4, -0.2) is 47.0 Å². The fourth-order valence-electron chi connectivity index (χ4n) is 2.24. The van der Waals surface area contributed by atoms with Crippen LogP contribution in [0.2, 0.25) is 0 Å². The Labute approximate surface area is 127 Å². The molecule has 1 amide bonds. The van der Waals surface area contributed by atoms with Gasteiger partial charge in [-0.3, -0.25) is 9.78 Å². The molecule has 1 aliphatic heterocycles. The number of pyridine rings is 1. The maximum atomic E-state index is 12.2. The zero-order valence-corrected chi connectivity index (χ0v) is 12.4. The first-order chi connectivity index (χ1) is 10.3. The maximum absolute atomic E-state index is 12.2. The van der Waals surface area contributed by atoms with E-state index in [1.807, 2.05) is 34.7 Å². The molecule has 0 bridgehead atoms. The van der Waals surface area contributed by atoms with E-state index in [1.165, 1.54) is 0 Å². The quantitative estimate of drug-likeness (QED) is 0.812. The van der Waals surface area contributed by atoms with Crippen molar-refractivity contribution in [1.82, 2.24) is 14.9 Å². The molecule has 1 aliphatic rings. The van der Waals surface area contributed by atoms with Crippen molar-refractivity contribution in [2.24, 2.45) is 0 Å². The maximum Gasteiger partial charge on any atom is 0.246 e. The van der Waals surface area contributed by atoms with Gasteiger partial charge in [-0.2, -0.15) is 0 Å². The molecule has 1 saturated heterocycles. The molecule has 0 spiro atoms. The van der Waals surface area contributed by atoms with Crippen LogP contribution in [0, 0.1) is 0 Å². The van der Waals surface area contributed by atoms with Gasteiger partial charge in [0.25, 0.3) is 0 Å². The van der Waals surface area contributed by atoms with Gasteiger partial charge >= 0.3 is 0 Å². The Morgan fingerprint density at radius 1 is 1.14 bits per heavy atom. The van der Waals surface area contributed by atoms with Gasteiger partial charge in [0, 0.05) is 56.2 Å². The highest BCUT2D eigenvalue weighted by Gasteiger charge is 2.20. The number of amides is 1. The largest absolute Gasteiger partial charge is 0.345 e. The van der Waals surface area contributed by atoms with Crippen LogP contribution in [-0.2, 0) is 4.79 Å². The van der Waals surface area contributed by atoms with Crippen LogP contribution in [0.5, 0.6) is 0 Å². The van der Waals surface area contributed by atoms with Crippen molar-refractivity contribution in [2.45, 2.75) is 0 Å². The predicted molar refractivity (Wildman–Crippen MR) is 84.2 cm³/mol. The van der Waals surface area contributed by atoms with Gasteiger partial charge < -0.3 is 9.80 Å². The zero-order valence-electron chi connectivity index (χ0n) is 11.6. The van der Waals surface area contributed by atoms with Crippen LogP contribution in [0.1, 0.15) is 5.56 Å². The van der Waals surface area contributed by atoms with Crippen LogP contribution >= 0.6 is 11.3 Å². The lowest BCUT2D eigenvalue weighted by atomic mass is 10.2. The summed E-state index contributed by atoms with van der Waals surface area (Å²) >= 11 is 1.64. The topological polar surface area (TPSA) is 49.3 Å². The summed E-state index contributed by atoms with van der Waals surface area (Å²) in [6.07, 6.45) is 8.72. The summed E-state index contributed by atoms with van der Waals surface area (Å²) in [6, 6.07) is 3.76. The summed E-state index contributed by atoms with van der Waals surface area (Å²) in [5, 5.41) is 3.01. The van der Waals surface area contributed by atoms with E-state index in [9.17, 15) is 4.79 Å². The Bertz CT molecular complexity index is 604. The van der Waals surface area contributed by atoms with Crippen molar-refractivity contribution in [2.75, 3.05) is 31.1 Å². The molecule has 108 valence electrons. The van der Waals surface area contributed by atoms with Crippen molar-refractivity contribution in [3.05, 3.63) is 47.7 Å². The number of anilines is 1. The van der Waals surface area contributed by atoms with Crippen LogP contribution in [0.4, 0.5) is 5.13 Å². The molecule has 6 heteroatoms. The fraction of sp³-hybridized carbons (Fsp3) is 0.267. The van der Waals surface area contributed by atoms with E-state index >= 15 is 0 Å². The van der Waals surface area contributed by atoms with Gasteiger partial charge in [0.2, 0.25) is 5.91 Å². The molecule has 0 aliphatic carbocycles. The van der Waals surface area contributed by atoms with E-state index in [2.05, 4.69) is 14.9 Å². The predicted octanol–water partition coefficient (Wildman–Crippen LogP) is 1.90. The van der Waals surface area contributed by atoms with Gasteiger partial charge in [-0.15, -0.1) is 11.3 Å². The summed E-state index contributed by atoms with van der Waals surface area (Å²) < 4.78 is 0. The van der Waals surface area contributed by atoms with E-state index in [1.54, 1.807) is 29.8 Å². The Kier molecular flexibility index (Phi) is 4.25. The molecule has 0 saturated carbocycles. The second-order valence-electron chi connectivity index (χ2n) is 4.74. The third-order valence-corrected chi connectivity index (χ3v) is 4.24. The van der Waals surface area contributed by atoms with E-state index in [0.29, 0.717) is 0 Å². The molecule has 0 atom stereocenters.